The molecule has 2 aliphatic rings. The van der Waals surface area contributed by atoms with Gasteiger partial charge in [-0.1, -0.05) is 6.07 Å². The molecule has 5 heteroatoms. The lowest BCUT2D eigenvalue weighted by molar-refractivity contribution is 0.0828. The molecule has 3 rings (SSSR count). The average Bonchev–Trinajstić information content (AvgIpc) is 3.08. The highest BCUT2D eigenvalue weighted by Crippen LogP contribution is 2.36. The Hall–Kier alpha value is -1.75. The second-order valence-electron chi connectivity index (χ2n) is 6.30. The second-order valence-corrected chi connectivity index (χ2v) is 6.30. The largest absolute Gasteiger partial charge is 0.369 e. The van der Waals surface area contributed by atoms with Gasteiger partial charge in [-0.3, -0.25) is 4.79 Å². The van der Waals surface area contributed by atoms with Crippen molar-refractivity contribution in [3.05, 3.63) is 23.8 Å². The van der Waals surface area contributed by atoms with Crippen LogP contribution >= 0.6 is 0 Å². The fraction of sp³-hybridized carbons (Fsp3) is 0.588. The molecular formula is C17H26N4O. The van der Waals surface area contributed by atoms with Gasteiger partial charge in [0.15, 0.2) is 0 Å². The van der Waals surface area contributed by atoms with E-state index in [1.54, 1.807) is 4.90 Å². The molecule has 1 amide bonds. The summed E-state index contributed by atoms with van der Waals surface area (Å²) in [4.78, 5) is 19.1. The van der Waals surface area contributed by atoms with Gasteiger partial charge < -0.3 is 20.0 Å². The molecule has 0 bridgehead atoms. The fourth-order valence-corrected chi connectivity index (χ4v) is 3.38. The maximum absolute atomic E-state index is 12.6. The molecule has 1 N–H and O–H groups in total. The van der Waals surface area contributed by atoms with Crippen LogP contribution in [0.4, 0.5) is 11.4 Å². The van der Waals surface area contributed by atoms with Crippen LogP contribution < -0.4 is 15.1 Å². The van der Waals surface area contributed by atoms with Crippen molar-refractivity contribution >= 4 is 17.3 Å². The highest BCUT2D eigenvalue weighted by molar-refractivity contribution is 6.02. The summed E-state index contributed by atoms with van der Waals surface area (Å²) in [6.07, 6.45) is 2.43. The van der Waals surface area contributed by atoms with E-state index in [4.69, 9.17) is 0 Å². The molecule has 0 saturated carbocycles. The second kappa shape index (κ2) is 6.57. The van der Waals surface area contributed by atoms with Gasteiger partial charge in [0.2, 0.25) is 0 Å². The molecule has 0 spiro atoms. The third-order valence-electron chi connectivity index (χ3n) is 4.53. The van der Waals surface area contributed by atoms with Crippen LogP contribution in [0.5, 0.6) is 0 Å². The summed E-state index contributed by atoms with van der Waals surface area (Å²) in [6.45, 7) is 6.12. The molecule has 1 aromatic carbocycles. The number of nitrogens with one attached hydrogen (secondary N) is 1. The molecule has 0 unspecified atom stereocenters. The minimum Gasteiger partial charge on any atom is -0.369 e. The minimum absolute atomic E-state index is 0.0962. The van der Waals surface area contributed by atoms with E-state index in [9.17, 15) is 4.79 Å². The first-order chi connectivity index (χ1) is 10.7. The van der Waals surface area contributed by atoms with Gasteiger partial charge in [0.1, 0.15) is 0 Å². The lowest BCUT2D eigenvalue weighted by atomic mass is 10.1. The molecule has 120 valence electrons. The molecule has 2 aliphatic heterocycles. The molecule has 0 aromatic heterocycles. The van der Waals surface area contributed by atoms with E-state index in [1.807, 2.05) is 26.2 Å². The Kier molecular flexibility index (Phi) is 4.52. The number of hydrogen-bond donors (Lipinski definition) is 1. The predicted octanol–water partition coefficient (Wildman–Crippen LogP) is 1.40. The number of carbonyl (C=O) groups excluding carboxylic acids is 1. The van der Waals surface area contributed by atoms with E-state index in [0.29, 0.717) is 0 Å². The van der Waals surface area contributed by atoms with Gasteiger partial charge in [-0.15, -0.1) is 0 Å². The summed E-state index contributed by atoms with van der Waals surface area (Å²) < 4.78 is 0. The van der Waals surface area contributed by atoms with Crippen molar-refractivity contribution in [3.63, 3.8) is 0 Å². The molecule has 1 aromatic rings. The van der Waals surface area contributed by atoms with Crippen molar-refractivity contribution in [2.75, 3.05) is 63.2 Å². The zero-order chi connectivity index (χ0) is 15.5. The minimum atomic E-state index is 0.0962. The normalized spacial score (nSPS) is 18.6. The van der Waals surface area contributed by atoms with Gasteiger partial charge in [-0.2, -0.15) is 0 Å². The highest BCUT2D eigenvalue weighted by atomic mass is 16.2. The van der Waals surface area contributed by atoms with Crippen LogP contribution in [0.2, 0.25) is 0 Å². The summed E-state index contributed by atoms with van der Waals surface area (Å²) >= 11 is 0. The number of nitrogens with zero attached hydrogens (tertiary/aromatic N) is 3. The van der Waals surface area contributed by atoms with Gasteiger partial charge in [0, 0.05) is 53.4 Å². The van der Waals surface area contributed by atoms with Gasteiger partial charge in [0.05, 0.1) is 16.9 Å². The summed E-state index contributed by atoms with van der Waals surface area (Å²) in [5.41, 5.74) is 3.19. The Morgan fingerprint density at radius 1 is 1.05 bits per heavy atom. The van der Waals surface area contributed by atoms with E-state index in [-0.39, 0.29) is 5.91 Å². The van der Waals surface area contributed by atoms with Crippen molar-refractivity contribution < 1.29 is 4.79 Å². The molecular weight excluding hydrogens is 276 g/mol. The number of para-hydroxylation sites is 1. The van der Waals surface area contributed by atoms with E-state index in [0.717, 1.165) is 50.5 Å². The number of anilines is 2. The predicted molar refractivity (Wildman–Crippen MR) is 91.0 cm³/mol. The number of rotatable bonds is 3. The third kappa shape index (κ3) is 2.90. The highest BCUT2D eigenvalue weighted by Gasteiger charge is 2.26. The van der Waals surface area contributed by atoms with Crippen LogP contribution in [0.3, 0.4) is 0 Å². The van der Waals surface area contributed by atoms with E-state index in [1.165, 1.54) is 18.5 Å². The van der Waals surface area contributed by atoms with Crippen molar-refractivity contribution in [2.24, 2.45) is 0 Å². The smallest absolute Gasteiger partial charge is 0.255 e. The number of carbonyl (C=O) groups is 1. The van der Waals surface area contributed by atoms with Crippen molar-refractivity contribution in [2.45, 2.75) is 12.8 Å². The van der Waals surface area contributed by atoms with Gasteiger partial charge in [0.25, 0.3) is 5.91 Å². The van der Waals surface area contributed by atoms with Crippen LogP contribution in [0, 0.1) is 0 Å². The molecule has 2 fully saturated rings. The number of hydrogen-bond acceptors (Lipinski definition) is 4. The van der Waals surface area contributed by atoms with E-state index in [2.05, 4.69) is 21.2 Å². The number of piperazine rings is 1. The van der Waals surface area contributed by atoms with Gasteiger partial charge in [-0.25, -0.2) is 0 Å². The Labute approximate surface area is 132 Å². The standard InChI is InChI=1S/C17H26N4O/c1-19(2)17(22)14-6-5-7-15(20-12-8-18-9-13-20)16(14)21-10-3-4-11-21/h5-7,18H,3-4,8-13H2,1-2H3. The van der Waals surface area contributed by atoms with Crippen molar-refractivity contribution in [1.29, 1.82) is 0 Å². The molecule has 0 aliphatic carbocycles. The maximum atomic E-state index is 12.6. The first kappa shape index (κ1) is 15.2. The zero-order valence-electron chi connectivity index (χ0n) is 13.6. The van der Waals surface area contributed by atoms with Crippen LogP contribution in [-0.4, -0.2) is 64.2 Å². The summed E-state index contributed by atoms with van der Waals surface area (Å²) in [6, 6.07) is 6.17. The Morgan fingerprint density at radius 3 is 2.36 bits per heavy atom. The SMILES string of the molecule is CN(C)C(=O)c1cccc(N2CCNCC2)c1N1CCCC1. The van der Waals surface area contributed by atoms with Crippen molar-refractivity contribution in [3.8, 4) is 0 Å². The van der Waals surface area contributed by atoms with Crippen LogP contribution in [0.15, 0.2) is 18.2 Å². The Balaban J connectivity index is 2.03. The summed E-state index contributed by atoms with van der Waals surface area (Å²) in [5.74, 6) is 0.0962. The lowest BCUT2D eigenvalue weighted by Gasteiger charge is -2.34. The fourth-order valence-electron chi connectivity index (χ4n) is 3.38. The van der Waals surface area contributed by atoms with Crippen LogP contribution in [0.1, 0.15) is 23.2 Å². The topological polar surface area (TPSA) is 38.8 Å². The van der Waals surface area contributed by atoms with Crippen molar-refractivity contribution in [1.82, 2.24) is 10.2 Å². The lowest BCUT2D eigenvalue weighted by Crippen LogP contribution is -2.44. The monoisotopic (exact) mass is 302 g/mol. The molecule has 22 heavy (non-hydrogen) atoms. The number of benzene rings is 1. The third-order valence-corrected chi connectivity index (χ3v) is 4.53. The first-order valence-electron chi connectivity index (χ1n) is 8.24. The summed E-state index contributed by atoms with van der Waals surface area (Å²) in [7, 11) is 3.65. The first-order valence-corrected chi connectivity index (χ1v) is 8.24. The van der Waals surface area contributed by atoms with E-state index < -0.39 is 0 Å². The number of amides is 1. The Bertz CT molecular complexity index is 531. The van der Waals surface area contributed by atoms with Gasteiger partial charge in [-0.05, 0) is 25.0 Å². The summed E-state index contributed by atoms with van der Waals surface area (Å²) in [5, 5.41) is 3.40. The quantitative estimate of drug-likeness (QED) is 0.916. The average molecular weight is 302 g/mol. The molecule has 5 nitrogen and oxygen atoms in total. The van der Waals surface area contributed by atoms with Gasteiger partial charge >= 0.3 is 0 Å². The van der Waals surface area contributed by atoms with Crippen LogP contribution in [-0.2, 0) is 0 Å². The van der Waals surface area contributed by atoms with Crippen LogP contribution in [0.25, 0.3) is 0 Å². The Morgan fingerprint density at radius 2 is 1.73 bits per heavy atom. The molecule has 2 heterocycles. The zero-order valence-corrected chi connectivity index (χ0v) is 13.6. The molecule has 2 saturated heterocycles. The van der Waals surface area contributed by atoms with E-state index >= 15 is 0 Å². The molecule has 0 atom stereocenters. The maximum Gasteiger partial charge on any atom is 0.255 e. The molecule has 0 radical (unpaired) electrons.